The van der Waals surface area contributed by atoms with Gasteiger partial charge in [0.25, 0.3) is 0 Å². The van der Waals surface area contributed by atoms with Crippen LogP contribution in [-0.4, -0.2) is 43.6 Å². The van der Waals surface area contributed by atoms with Gasteiger partial charge in [-0.15, -0.1) is 0 Å². The Bertz CT molecular complexity index is 1440. The van der Waals surface area contributed by atoms with Crippen molar-refractivity contribution in [1.29, 1.82) is 0 Å². The standard InChI is InChI=1S/C18H11N9/c1-5-21-17(25-10-20-7-12(1)25)18-22-9-16-13(2-6-23-27(16)18)14-8-24-26-11-19-4-3-15(14)26/h1-11H. The Kier molecular flexibility index (Phi) is 2.70. The number of aromatic nitrogens is 9. The molecule has 0 aliphatic carbocycles. The molecule has 6 rings (SSSR count). The summed E-state index contributed by atoms with van der Waals surface area (Å²) in [5, 5.41) is 8.88. The molecule has 6 heterocycles. The zero-order valence-corrected chi connectivity index (χ0v) is 13.9. The number of nitrogens with zero attached hydrogens (tertiary/aromatic N) is 9. The fraction of sp³-hybridized carbons (Fsp3) is 0. The van der Waals surface area contributed by atoms with E-state index in [1.807, 2.05) is 28.8 Å². The second-order valence-corrected chi connectivity index (χ2v) is 6.05. The third kappa shape index (κ3) is 1.93. The zero-order valence-electron chi connectivity index (χ0n) is 13.9. The molecule has 9 heteroatoms. The van der Waals surface area contributed by atoms with Gasteiger partial charge in [0.2, 0.25) is 0 Å². The Balaban J connectivity index is 1.63. The number of hydrogen-bond donors (Lipinski definition) is 0. The largest absolute Gasteiger partial charge is 0.280 e. The second kappa shape index (κ2) is 5.18. The van der Waals surface area contributed by atoms with Crippen LogP contribution in [0.15, 0.2) is 68.0 Å². The van der Waals surface area contributed by atoms with Crippen molar-refractivity contribution in [3.05, 3.63) is 68.0 Å². The Morgan fingerprint density at radius 3 is 2.67 bits per heavy atom. The topological polar surface area (TPSA) is 90.6 Å². The van der Waals surface area contributed by atoms with Gasteiger partial charge in [0, 0.05) is 29.7 Å². The third-order valence-electron chi connectivity index (χ3n) is 4.59. The molecule has 0 bridgehead atoms. The van der Waals surface area contributed by atoms with E-state index in [0.717, 1.165) is 27.7 Å². The molecule has 9 nitrogen and oxygen atoms in total. The van der Waals surface area contributed by atoms with Gasteiger partial charge in [-0.05, 0) is 18.2 Å². The lowest BCUT2D eigenvalue weighted by Crippen LogP contribution is -2.01. The third-order valence-corrected chi connectivity index (χ3v) is 4.59. The van der Waals surface area contributed by atoms with Crippen LogP contribution >= 0.6 is 0 Å². The van der Waals surface area contributed by atoms with E-state index in [2.05, 4.69) is 30.1 Å². The van der Waals surface area contributed by atoms with Crippen LogP contribution in [0.1, 0.15) is 0 Å². The van der Waals surface area contributed by atoms with Gasteiger partial charge in [-0.1, -0.05) is 0 Å². The molecule has 6 aromatic heterocycles. The summed E-state index contributed by atoms with van der Waals surface area (Å²) in [6.07, 6.45) is 14.1. The summed E-state index contributed by atoms with van der Waals surface area (Å²) in [5.41, 5.74) is 4.77. The summed E-state index contributed by atoms with van der Waals surface area (Å²) in [5.74, 6) is 1.33. The Labute approximate surface area is 151 Å². The zero-order chi connectivity index (χ0) is 17.8. The van der Waals surface area contributed by atoms with E-state index in [9.17, 15) is 0 Å². The van der Waals surface area contributed by atoms with Gasteiger partial charge >= 0.3 is 0 Å². The average Bonchev–Trinajstić information content (AvgIpc) is 3.44. The predicted molar refractivity (Wildman–Crippen MR) is 96.9 cm³/mol. The van der Waals surface area contributed by atoms with Gasteiger partial charge < -0.3 is 0 Å². The maximum absolute atomic E-state index is 4.60. The minimum atomic E-state index is 0.647. The van der Waals surface area contributed by atoms with Gasteiger partial charge in [0.15, 0.2) is 11.6 Å². The molecule has 0 aliphatic rings. The van der Waals surface area contributed by atoms with E-state index in [-0.39, 0.29) is 0 Å². The maximum Gasteiger partial charge on any atom is 0.198 e. The van der Waals surface area contributed by atoms with Crippen LogP contribution in [-0.2, 0) is 0 Å². The maximum atomic E-state index is 4.60. The van der Waals surface area contributed by atoms with E-state index in [1.165, 1.54) is 0 Å². The molecule has 6 aromatic rings. The monoisotopic (exact) mass is 353 g/mol. The van der Waals surface area contributed by atoms with E-state index in [1.54, 1.807) is 52.7 Å². The molecule has 0 fully saturated rings. The van der Waals surface area contributed by atoms with Crippen LogP contribution in [0.3, 0.4) is 0 Å². The molecule has 27 heavy (non-hydrogen) atoms. The molecule has 0 saturated heterocycles. The Morgan fingerprint density at radius 2 is 1.67 bits per heavy atom. The van der Waals surface area contributed by atoms with Crippen molar-refractivity contribution < 1.29 is 0 Å². The summed E-state index contributed by atoms with van der Waals surface area (Å²) in [7, 11) is 0. The first-order valence-corrected chi connectivity index (χ1v) is 8.28. The first kappa shape index (κ1) is 14.1. The molecular weight excluding hydrogens is 342 g/mol. The normalized spacial score (nSPS) is 11.7. The fourth-order valence-electron chi connectivity index (χ4n) is 3.36. The van der Waals surface area contributed by atoms with Crippen molar-refractivity contribution in [2.24, 2.45) is 0 Å². The highest BCUT2D eigenvalue weighted by Gasteiger charge is 2.17. The highest BCUT2D eigenvalue weighted by atomic mass is 15.3. The average molecular weight is 353 g/mol. The molecular formula is C18H11N9. The molecule has 0 amide bonds. The van der Waals surface area contributed by atoms with Gasteiger partial charge in [-0.3, -0.25) is 4.40 Å². The predicted octanol–water partition coefficient (Wildman–Crippen LogP) is 2.15. The SMILES string of the molecule is c1cc2c(-c3ccnn4c(-c5nccc6cncn56)ncc34)cnn2cn1. The first-order chi connectivity index (χ1) is 13.4. The van der Waals surface area contributed by atoms with E-state index >= 15 is 0 Å². The fourth-order valence-corrected chi connectivity index (χ4v) is 3.36. The molecule has 0 aromatic carbocycles. The number of hydrogen-bond acceptors (Lipinski definition) is 6. The van der Waals surface area contributed by atoms with Gasteiger partial charge in [-0.2, -0.15) is 10.2 Å². The quantitative estimate of drug-likeness (QED) is 0.474. The van der Waals surface area contributed by atoms with Gasteiger partial charge in [0.05, 0.1) is 35.1 Å². The molecule has 0 aliphatic heterocycles. The van der Waals surface area contributed by atoms with Crippen LogP contribution in [0, 0.1) is 0 Å². The molecule has 0 atom stereocenters. The van der Waals surface area contributed by atoms with Crippen LogP contribution in [0.5, 0.6) is 0 Å². The van der Waals surface area contributed by atoms with Crippen LogP contribution in [0.4, 0.5) is 0 Å². The minimum absolute atomic E-state index is 0.647. The van der Waals surface area contributed by atoms with Crippen molar-refractivity contribution >= 4 is 16.6 Å². The number of imidazole rings is 2. The molecule has 0 unspecified atom stereocenters. The minimum Gasteiger partial charge on any atom is -0.280 e. The van der Waals surface area contributed by atoms with E-state index in [0.29, 0.717) is 11.6 Å². The lowest BCUT2D eigenvalue weighted by Gasteiger charge is -2.05. The second-order valence-electron chi connectivity index (χ2n) is 6.05. The highest BCUT2D eigenvalue weighted by molar-refractivity contribution is 5.89. The summed E-state index contributed by atoms with van der Waals surface area (Å²) < 4.78 is 5.43. The summed E-state index contributed by atoms with van der Waals surface area (Å²) in [6.45, 7) is 0. The van der Waals surface area contributed by atoms with Crippen molar-refractivity contribution in [2.45, 2.75) is 0 Å². The van der Waals surface area contributed by atoms with E-state index in [4.69, 9.17) is 0 Å². The van der Waals surface area contributed by atoms with Crippen molar-refractivity contribution in [2.75, 3.05) is 0 Å². The Morgan fingerprint density at radius 1 is 0.667 bits per heavy atom. The van der Waals surface area contributed by atoms with Gasteiger partial charge in [-0.25, -0.2) is 29.0 Å². The summed E-state index contributed by atoms with van der Waals surface area (Å²) in [6, 6.07) is 5.80. The molecule has 0 radical (unpaired) electrons. The van der Waals surface area contributed by atoms with Gasteiger partial charge in [0.1, 0.15) is 12.7 Å². The molecule has 128 valence electrons. The highest BCUT2D eigenvalue weighted by Crippen LogP contribution is 2.29. The Hall–Kier alpha value is -4.14. The van der Waals surface area contributed by atoms with Crippen molar-refractivity contribution in [1.82, 2.24) is 43.6 Å². The smallest absolute Gasteiger partial charge is 0.198 e. The summed E-state index contributed by atoms with van der Waals surface area (Å²) in [4.78, 5) is 17.4. The molecule has 0 spiro atoms. The summed E-state index contributed by atoms with van der Waals surface area (Å²) >= 11 is 0. The lowest BCUT2D eigenvalue weighted by molar-refractivity contribution is 0.911. The lowest BCUT2D eigenvalue weighted by atomic mass is 10.1. The molecule has 0 saturated carbocycles. The first-order valence-electron chi connectivity index (χ1n) is 8.28. The van der Waals surface area contributed by atoms with Crippen molar-refractivity contribution in [3.8, 4) is 22.8 Å². The van der Waals surface area contributed by atoms with Crippen molar-refractivity contribution in [3.63, 3.8) is 0 Å². The number of rotatable bonds is 2. The van der Waals surface area contributed by atoms with E-state index < -0.39 is 0 Å². The van der Waals surface area contributed by atoms with Crippen LogP contribution in [0.25, 0.3) is 39.3 Å². The number of fused-ring (bicyclic) bond motifs is 3. The van der Waals surface area contributed by atoms with Crippen LogP contribution < -0.4 is 0 Å². The van der Waals surface area contributed by atoms with Crippen LogP contribution in [0.2, 0.25) is 0 Å². The molecule has 0 N–H and O–H groups in total.